The molecule has 3 heterocycles. The van der Waals surface area contributed by atoms with E-state index in [0.717, 1.165) is 40.6 Å². The van der Waals surface area contributed by atoms with Crippen LogP contribution >= 0.6 is 0 Å². The zero-order valence-electron chi connectivity index (χ0n) is 22.6. The van der Waals surface area contributed by atoms with E-state index >= 15 is 0 Å². The van der Waals surface area contributed by atoms with Crippen molar-refractivity contribution >= 4 is 32.2 Å². The van der Waals surface area contributed by atoms with Crippen LogP contribution < -0.4 is 16.2 Å². The minimum absolute atomic E-state index is 0.184. The van der Waals surface area contributed by atoms with E-state index in [1.807, 2.05) is 54.6 Å². The normalized spacial score (nSPS) is 12.6. The highest BCUT2D eigenvalue weighted by atomic mass is 32.2. The van der Waals surface area contributed by atoms with Gasteiger partial charge in [-0.25, -0.2) is 14.0 Å². The number of amides is 1. The monoisotopic (exact) mass is 569 g/mol. The van der Waals surface area contributed by atoms with Crippen LogP contribution in [0.15, 0.2) is 95.0 Å². The standard InChI is InChI=1S/C30H31N7O3S/c1-41(31,40)25-11-9-21(10-12-25)6-5-14-33-27-19-35-29(22-7-3-2-4-8-22)37(30(27)39)20-28(38)34-18-24-16-23-17-32-15-13-26(23)36-24/h2-4,7-13,15-17,19,31,33,36H,5-6,14,18,20H2,1H3,(H,34,38). The predicted molar refractivity (Wildman–Crippen MR) is 160 cm³/mol. The number of benzene rings is 2. The van der Waals surface area contributed by atoms with Crippen LogP contribution in [0.1, 0.15) is 17.7 Å². The Balaban J connectivity index is 1.26. The molecule has 5 rings (SSSR count). The molecule has 1 atom stereocenters. The van der Waals surface area contributed by atoms with E-state index in [0.29, 0.717) is 23.0 Å². The van der Waals surface area contributed by atoms with Gasteiger partial charge in [0.1, 0.15) is 18.1 Å². The first kappa shape index (κ1) is 27.8. The van der Waals surface area contributed by atoms with E-state index < -0.39 is 9.73 Å². The smallest absolute Gasteiger partial charge is 0.277 e. The number of H-pyrrole nitrogens is 1. The van der Waals surface area contributed by atoms with Gasteiger partial charge in [0.25, 0.3) is 5.56 Å². The average molecular weight is 570 g/mol. The second kappa shape index (κ2) is 12.2. The van der Waals surface area contributed by atoms with Crippen LogP contribution in [0.2, 0.25) is 0 Å². The summed E-state index contributed by atoms with van der Waals surface area (Å²) in [6.45, 7) is 0.622. The molecular formula is C30H31N7O3S. The molecule has 0 saturated heterocycles. The van der Waals surface area contributed by atoms with Gasteiger partial charge in [-0.1, -0.05) is 42.5 Å². The summed E-state index contributed by atoms with van der Waals surface area (Å²) < 4.78 is 21.0. The SMILES string of the molecule is CS(=N)(=O)c1ccc(CCCNc2cnc(-c3ccccc3)n(CC(=O)NCc3cc4cnccc4[nH]3)c2=O)cc1. The van der Waals surface area contributed by atoms with Gasteiger partial charge in [0, 0.05) is 52.3 Å². The summed E-state index contributed by atoms with van der Waals surface area (Å²) in [6.07, 6.45) is 7.86. The van der Waals surface area contributed by atoms with Gasteiger partial charge in [0.15, 0.2) is 0 Å². The third-order valence-electron chi connectivity index (χ3n) is 6.66. The number of aromatic nitrogens is 4. The number of aromatic amines is 1. The van der Waals surface area contributed by atoms with E-state index in [9.17, 15) is 13.8 Å². The second-order valence-corrected chi connectivity index (χ2v) is 12.0. The average Bonchev–Trinajstić information content (AvgIpc) is 3.39. The number of fused-ring (bicyclic) bond motifs is 1. The highest BCUT2D eigenvalue weighted by Crippen LogP contribution is 2.17. The zero-order valence-corrected chi connectivity index (χ0v) is 23.4. The molecular weight excluding hydrogens is 538 g/mol. The fourth-order valence-electron chi connectivity index (χ4n) is 4.53. The quantitative estimate of drug-likeness (QED) is 0.176. The molecule has 1 amide bonds. The Morgan fingerprint density at radius 2 is 1.85 bits per heavy atom. The first-order valence-corrected chi connectivity index (χ1v) is 15.1. The predicted octanol–water partition coefficient (Wildman–Crippen LogP) is 4.18. The summed E-state index contributed by atoms with van der Waals surface area (Å²) in [6, 6.07) is 20.3. The van der Waals surface area contributed by atoms with E-state index in [2.05, 4.69) is 25.6 Å². The highest BCUT2D eigenvalue weighted by molar-refractivity contribution is 7.91. The molecule has 0 aliphatic heterocycles. The molecule has 0 aliphatic carbocycles. The van der Waals surface area contributed by atoms with Crippen LogP contribution in [-0.2, 0) is 34.0 Å². The van der Waals surface area contributed by atoms with Crippen molar-refractivity contribution < 1.29 is 9.00 Å². The van der Waals surface area contributed by atoms with Gasteiger partial charge < -0.3 is 15.6 Å². The van der Waals surface area contributed by atoms with Gasteiger partial charge in [-0.2, -0.15) is 0 Å². The molecule has 2 aromatic carbocycles. The minimum atomic E-state index is -2.73. The Kier molecular flexibility index (Phi) is 8.25. The lowest BCUT2D eigenvalue weighted by molar-refractivity contribution is -0.121. The minimum Gasteiger partial charge on any atom is -0.379 e. The Morgan fingerprint density at radius 1 is 1.07 bits per heavy atom. The van der Waals surface area contributed by atoms with Gasteiger partial charge in [-0.3, -0.25) is 19.1 Å². The molecule has 0 radical (unpaired) electrons. The zero-order chi connectivity index (χ0) is 28.8. The molecule has 5 aromatic rings. The van der Waals surface area contributed by atoms with Crippen molar-refractivity contribution in [2.45, 2.75) is 30.8 Å². The Labute approximate surface area is 237 Å². The van der Waals surface area contributed by atoms with Crippen molar-refractivity contribution in [2.24, 2.45) is 0 Å². The number of carbonyl (C=O) groups is 1. The number of nitrogens with one attached hydrogen (secondary N) is 4. The van der Waals surface area contributed by atoms with E-state index in [1.54, 1.807) is 24.5 Å². The molecule has 3 aromatic heterocycles. The molecule has 210 valence electrons. The largest absolute Gasteiger partial charge is 0.379 e. The summed E-state index contributed by atoms with van der Waals surface area (Å²) >= 11 is 0. The fourth-order valence-corrected chi connectivity index (χ4v) is 5.19. The molecule has 0 fully saturated rings. The number of hydrogen-bond acceptors (Lipinski definition) is 7. The Bertz CT molecular complexity index is 1800. The maximum absolute atomic E-state index is 13.5. The van der Waals surface area contributed by atoms with Crippen molar-refractivity contribution in [2.75, 3.05) is 18.1 Å². The lowest BCUT2D eigenvalue weighted by Crippen LogP contribution is -2.34. The number of pyridine rings is 1. The lowest BCUT2D eigenvalue weighted by atomic mass is 10.1. The summed E-state index contributed by atoms with van der Waals surface area (Å²) in [5.41, 5.74) is 3.55. The van der Waals surface area contributed by atoms with Gasteiger partial charge in [-0.05, 0) is 42.7 Å². The maximum atomic E-state index is 13.5. The molecule has 0 spiro atoms. The summed E-state index contributed by atoms with van der Waals surface area (Å²) in [5.74, 6) is 0.0992. The van der Waals surface area contributed by atoms with Crippen molar-refractivity contribution in [1.29, 1.82) is 4.78 Å². The molecule has 0 bridgehead atoms. The van der Waals surface area contributed by atoms with Crippen molar-refractivity contribution in [3.63, 3.8) is 0 Å². The topological polar surface area (TPSA) is 146 Å². The van der Waals surface area contributed by atoms with Crippen LogP contribution in [0.3, 0.4) is 0 Å². The lowest BCUT2D eigenvalue weighted by Gasteiger charge is -2.15. The summed E-state index contributed by atoms with van der Waals surface area (Å²) in [5, 5.41) is 7.02. The molecule has 0 aliphatic rings. The van der Waals surface area contributed by atoms with Gasteiger partial charge in [0.05, 0.1) is 22.5 Å². The van der Waals surface area contributed by atoms with Crippen LogP contribution in [0.25, 0.3) is 22.3 Å². The first-order chi connectivity index (χ1) is 19.8. The molecule has 4 N–H and O–H groups in total. The maximum Gasteiger partial charge on any atom is 0.277 e. The van der Waals surface area contributed by atoms with E-state index in [1.165, 1.54) is 17.0 Å². The van der Waals surface area contributed by atoms with Gasteiger partial charge >= 0.3 is 0 Å². The molecule has 0 saturated carbocycles. The number of carbonyl (C=O) groups excluding carboxylic acids is 1. The summed E-state index contributed by atoms with van der Waals surface area (Å²) in [7, 11) is -2.73. The highest BCUT2D eigenvalue weighted by Gasteiger charge is 2.15. The van der Waals surface area contributed by atoms with Crippen LogP contribution in [-0.4, -0.2) is 42.4 Å². The fraction of sp³-hybridized carbons (Fsp3) is 0.200. The molecule has 1 unspecified atom stereocenters. The molecule has 11 heteroatoms. The Hall–Kier alpha value is -4.77. The first-order valence-electron chi connectivity index (χ1n) is 13.2. The van der Waals surface area contributed by atoms with Gasteiger partial charge in [0.2, 0.25) is 5.91 Å². The van der Waals surface area contributed by atoms with Crippen LogP contribution in [0.4, 0.5) is 5.69 Å². The third kappa shape index (κ3) is 6.87. The van der Waals surface area contributed by atoms with E-state index in [4.69, 9.17) is 4.78 Å². The number of nitrogens with zero attached hydrogens (tertiary/aromatic N) is 3. The van der Waals surface area contributed by atoms with Crippen LogP contribution in [0, 0.1) is 4.78 Å². The van der Waals surface area contributed by atoms with Crippen molar-refractivity contribution in [3.8, 4) is 11.4 Å². The third-order valence-corrected chi connectivity index (χ3v) is 7.84. The second-order valence-electron chi connectivity index (χ2n) is 9.80. The number of anilines is 1. The number of aryl methyl sites for hydroxylation is 1. The number of hydrogen-bond donors (Lipinski definition) is 4. The van der Waals surface area contributed by atoms with Crippen LogP contribution in [0.5, 0.6) is 0 Å². The molecule has 10 nitrogen and oxygen atoms in total. The Morgan fingerprint density at radius 3 is 2.59 bits per heavy atom. The molecule has 41 heavy (non-hydrogen) atoms. The van der Waals surface area contributed by atoms with E-state index in [-0.39, 0.29) is 24.6 Å². The number of rotatable bonds is 11. The summed E-state index contributed by atoms with van der Waals surface area (Å²) in [4.78, 5) is 38.9. The van der Waals surface area contributed by atoms with Gasteiger partial charge in [-0.15, -0.1) is 0 Å². The van der Waals surface area contributed by atoms with Crippen molar-refractivity contribution in [3.05, 3.63) is 107 Å². The van der Waals surface area contributed by atoms with Crippen molar-refractivity contribution in [1.82, 2.24) is 24.8 Å².